The van der Waals surface area contributed by atoms with E-state index in [2.05, 4.69) is 26.2 Å². The van der Waals surface area contributed by atoms with E-state index in [4.69, 9.17) is 0 Å². The van der Waals surface area contributed by atoms with Crippen LogP contribution in [0.3, 0.4) is 0 Å². The molecule has 0 saturated heterocycles. The van der Waals surface area contributed by atoms with Crippen LogP contribution in [-0.4, -0.2) is 11.5 Å². The molecule has 0 bridgehead atoms. The molecule has 0 spiro atoms. The number of hydrogen-bond donors (Lipinski definition) is 1. The van der Waals surface area contributed by atoms with Gasteiger partial charge in [-0.25, -0.2) is 4.98 Å². The van der Waals surface area contributed by atoms with E-state index in [1.165, 1.54) is 32.1 Å². The van der Waals surface area contributed by atoms with Crippen molar-refractivity contribution in [2.75, 3.05) is 11.9 Å². The fourth-order valence-electron chi connectivity index (χ4n) is 2.02. The van der Waals surface area contributed by atoms with E-state index in [0.29, 0.717) is 0 Å². The fourth-order valence-corrected chi connectivity index (χ4v) is 3.19. The van der Waals surface area contributed by atoms with Crippen LogP contribution in [0.1, 0.15) is 32.1 Å². The van der Waals surface area contributed by atoms with Crippen LogP contribution in [-0.2, 0) is 0 Å². The summed E-state index contributed by atoms with van der Waals surface area (Å²) < 4.78 is 0.936. The highest BCUT2D eigenvalue weighted by molar-refractivity contribution is 9.10. The quantitative estimate of drug-likeness (QED) is 0.901. The van der Waals surface area contributed by atoms with Crippen molar-refractivity contribution in [3.8, 4) is 0 Å². The Balaban J connectivity index is 1.67. The van der Waals surface area contributed by atoms with E-state index < -0.39 is 0 Å². The Kier molecular flexibility index (Phi) is 3.81. The largest absolute Gasteiger partial charge is 0.361 e. The van der Waals surface area contributed by atoms with Crippen molar-refractivity contribution < 1.29 is 0 Å². The van der Waals surface area contributed by atoms with Gasteiger partial charge in [-0.2, -0.15) is 0 Å². The van der Waals surface area contributed by atoms with Crippen molar-refractivity contribution in [1.82, 2.24) is 4.98 Å². The number of thiazole rings is 1. The summed E-state index contributed by atoms with van der Waals surface area (Å²) in [6.07, 6.45) is 7.05. The number of rotatable bonds is 4. The number of nitrogens with one attached hydrogen (secondary N) is 1. The monoisotopic (exact) mass is 274 g/mol. The van der Waals surface area contributed by atoms with Gasteiger partial charge in [0.1, 0.15) is 4.60 Å². The predicted molar refractivity (Wildman–Crippen MR) is 64.9 cm³/mol. The van der Waals surface area contributed by atoms with Gasteiger partial charge in [-0.1, -0.05) is 25.7 Å². The predicted octanol–water partition coefficient (Wildman–Crippen LogP) is 3.90. The third-order valence-electron chi connectivity index (χ3n) is 2.78. The molecule has 1 heterocycles. The first-order valence-corrected chi connectivity index (χ1v) is 6.87. The highest BCUT2D eigenvalue weighted by atomic mass is 79.9. The molecule has 0 radical (unpaired) electrons. The molecule has 4 heteroatoms. The molecule has 0 unspecified atom stereocenters. The Morgan fingerprint density at radius 3 is 2.93 bits per heavy atom. The lowest BCUT2D eigenvalue weighted by molar-refractivity contribution is 0.518. The van der Waals surface area contributed by atoms with E-state index in [1.807, 2.05) is 5.38 Å². The van der Waals surface area contributed by atoms with Gasteiger partial charge in [-0.3, -0.25) is 0 Å². The maximum absolute atomic E-state index is 4.30. The summed E-state index contributed by atoms with van der Waals surface area (Å²) in [4.78, 5) is 4.30. The molecule has 78 valence electrons. The molecule has 1 saturated carbocycles. The summed E-state index contributed by atoms with van der Waals surface area (Å²) in [5.74, 6) is 0.964. The minimum Gasteiger partial charge on any atom is -0.361 e. The summed E-state index contributed by atoms with van der Waals surface area (Å²) >= 11 is 5.01. The van der Waals surface area contributed by atoms with E-state index in [1.54, 1.807) is 11.3 Å². The zero-order valence-corrected chi connectivity index (χ0v) is 10.5. The van der Waals surface area contributed by atoms with Crippen LogP contribution < -0.4 is 5.32 Å². The SMILES string of the molecule is Brc1csc(NCCC2CCCC2)n1. The van der Waals surface area contributed by atoms with E-state index >= 15 is 0 Å². The summed E-state index contributed by atoms with van der Waals surface area (Å²) in [6.45, 7) is 1.07. The lowest BCUT2D eigenvalue weighted by atomic mass is 10.0. The Morgan fingerprint density at radius 1 is 1.50 bits per heavy atom. The highest BCUT2D eigenvalue weighted by Crippen LogP contribution is 2.27. The van der Waals surface area contributed by atoms with Crippen molar-refractivity contribution in [1.29, 1.82) is 0 Å². The van der Waals surface area contributed by atoms with Crippen molar-refractivity contribution >= 4 is 32.4 Å². The minimum absolute atomic E-state index is 0.936. The Hall–Kier alpha value is -0.0900. The normalized spacial score (nSPS) is 17.5. The molecule has 0 aliphatic heterocycles. The molecule has 1 aromatic heterocycles. The van der Waals surface area contributed by atoms with Gasteiger partial charge in [0.25, 0.3) is 0 Å². The van der Waals surface area contributed by atoms with Crippen LogP contribution in [0.25, 0.3) is 0 Å². The maximum atomic E-state index is 4.30. The number of nitrogens with zero attached hydrogens (tertiary/aromatic N) is 1. The lowest BCUT2D eigenvalue weighted by Crippen LogP contribution is -2.06. The molecular formula is C10H15BrN2S. The summed E-state index contributed by atoms with van der Waals surface area (Å²) in [5, 5.41) is 6.42. The van der Waals surface area contributed by atoms with Gasteiger partial charge in [-0.05, 0) is 28.3 Å². The van der Waals surface area contributed by atoms with Gasteiger partial charge >= 0.3 is 0 Å². The molecule has 1 aliphatic rings. The van der Waals surface area contributed by atoms with E-state index in [0.717, 1.165) is 22.2 Å². The second kappa shape index (κ2) is 5.12. The maximum Gasteiger partial charge on any atom is 0.183 e. The number of aromatic nitrogens is 1. The average Bonchev–Trinajstić information content (AvgIpc) is 2.77. The second-order valence-electron chi connectivity index (χ2n) is 3.84. The van der Waals surface area contributed by atoms with Crippen molar-refractivity contribution in [3.63, 3.8) is 0 Å². The summed E-state index contributed by atoms with van der Waals surface area (Å²) in [6, 6.07) is 0. The first kappa shape index (κ1) is 10.4. The third-order valence-corrected chi connectivity index (χ3v) is 4.29. The fraction of sp³-hybridized carbons (Fsp3) is 0.700. The minimum atomic E-state index is 0.936. The van der Waals surface area contributed by atoms with Crippen molar-refractivity contribution in [3.05, 3.63) is 9.98 Å². The molecule has 1 fully saturated rings. The first-order valence-electron chi connectivity index (χ1n) is 5.19. The highest BCUT2D eigenvalue weighted by Gasteiger charge is 2.14. The van der Waals surface area contributed by atoms with Crippen LogP contribution in [0.2, 0.25) is 0 Å². The topological polar surface area (TPSA) is 24.9 Å². The van der Waals surface area contributed by atoms with E-state index in [-0.39, 0.29) is 0 Å². The van der Waals surface area contributed by atoms with Gasteiger partial charge in [0.15, 0.2) is 5.13 Å². The van der Waals surface area contributed by atoms with Gasteiger partial charge < -0.3 is 5.32 Å². The molecule has 2 rings (SSSR count). The van der Waals surface area contributed by atoms with Gasteiger partial charge in [0.2, 0.25) is 0 Å². The van der Waals surface area contributed by atoms with Crippen LogP contribution >= 0.6 is 27.3 Å². The molecule has 0 amide bonds. The first-order chi connectivity index (χ1) is 6.84. The van der Waals surface area contributed by atoms with Crippen LogP contribution in [0.4, 0.5) is 5.13 Å². The number of hydrogen-bond acceptors (Lipinski definition) is 3. The Labute approximate surface area is 97.3 Å². The van der Waals surface area contributed by atoms with Gasteiger partial charge in [0.05, 0.1) is 0 Å². The van der Waals surface area contributed by atoms with Gasteiger partial charge in [-0.15, -0.1) is 11.3 Å². The van der Waals surface area contributed by atoms with Crippen LogP contribution in [0, 0.1) is 5.92 Å². The third kappa shape index (κ3) is 2.95. The molecular weight excluding hydrogens is 260 g/mol. The lowest BCUT2D eigenvalue weighted by Gasteiger charge is -2.08. The standard InChI is InChI=1S/C10H15BrN2S/c11-9-7-14-10(13-9)12-6-5-8-3-1-2-4-8/h7-8H,1-6H2,(H,12,13). The molecule has 1 aliphatic carbocycles. The van der Waals surface area contributed by atoms with Crippen molar-refractivity contribution in [2.24, 2.45) is 5.92 Å². The van der Waals surface area contributed by atoms with Crippen LogP contribution in [0.5, 0.6) is 0 Å². The zero-order chi connectivity index (χ0) is 9.80. The van der Waals surface area contributed by atoms with Crippen LogP contribution in [0.15, 0.2) is 9.98 Å². The summed E-state index contributed by atoms with van der Waals surface area (Å²) in [5.41, 5.74) is 0. The molecule has 0 atom stereocenters. The molecule has 1 aromatic rings. The smallest absolute Gasteiger partial charge is 0.183 e. The Morgan fingerprint density at radius 2 is 2.29 bits per heavy atom. The average molecular weight is 275 g/mol. The zero-order valence-electron chi connectivity index (χ0n) is 8.13. The second-order valence-corrected chi connectivity index (χ2v) is 5.51. The van der Waals surface area contributed by atoms with Gasteiger partial charge in [0, 0.05) is 11.9 Å². The van der Waals surface area contributed by atoms with E-state index in [9.17, 15) is 0 Å². The molecule has 14 heavy (non-hydrogen) atoms. The number of halogens is 1. The van der Waals surface area contributed by atoms with Crippen molar-refractivity contribution in [2.45, 2.75) is 32.1 Å². The molecule has 0 aromatic carbocycles. The molecule has 1 N–H and O–H groups in total. The Bertz CT molecular complexity index is 281. The summed E-state index contributed by atoms with van der Waals surface area (Å²) in [7, 11) is 0. The molecule has 2 nitrogen and oxygen atoms in total. The number of anilines is 1.